The van der Waals surface area contributed by atoms with Gasteiger partial charge in [0.15, 0.2) is 0 Å². The molecule has 1 unspecified atom stereocenters. The van der Waals surface area contributed by atoms with Crippen molar-refractivity contribution in [2.75, 3.05) is 18.0 Å². The van der Waals surface area contributed by atoms with Crippen molar-refractivity contribution in [3.05, 3.63) is 64.7 Å². The van der Waals surface area contributed by atoms with Crippen molar-refractivity contribution < 1.29 is 9.59 Å². The lowest BCUT2D eigenvalue weighted by molar-refractivity contribution is -0.126. The van der Waals surface area contributed by atoms with E-state index in [1.54, 1.807) is 4.90 Å². The van der Waals surface area contributed by atoms with Crippen molar-refractivity contribution >= 4 is 29.1 Å². The number of benzene rings is 2. The number of hydrogen-bond donors (Lipinski definition) is 1. The van der Waals surface area contributed by atoms with E-state index >= 15 is 0 Å². The highest BCUT2D eigenvalue weighted by Crippen LogP contribution is 2.28. The lowest BCUT2D eigenvalue weighted by atomic mass is 10.1. The van der Waals surface area contributed by atoms with Gasteiger partial charge in [0.2, 0.25) is 11.8 Å². The molecule has 1 heterocycles. The number of nitrogens with one attached hydrogen (secondary N) is 1. The van der Waals surface area contributed by atoms with E-state index in [0.29, 0.717) is 18.1 Å². The number of carbonyl (C=O) groups excluding carboxylic acids is 2. The standard InChI is InChI=1S/C21H23ClN2O2/c1-2-16-5-3-4-6-19(16)24-14-17(13-20(24)25)21(26)23-12-11-15-7-9-18(22)10-8-15/h3-10,17H,2,11-14H2,1H3,(H,23,26). The summed E-state index contributed by atoms with van der Waals surface area (Å²) in [5, 5.41) is 3.66. The minimum absolute atomic E-state index is 0.0174. The van der Waals surface area contributed by atoms with Crippen molar-refractivity contribution in [3.63, 3.8) is 0 Å². The van der Waals surface area contributed by atoms with Crippen LogP contribution in [-0.2, 0) is 22.4 Å². The highest BCUT2D eigenvalue weighted by atomic mass is 35.5. The lowest BCUT2D eigenvalue weighted by Gasteiger charge is -2.20. The number of carbonyl (C=O) groups is 2. The third kappa shape index (κ3) is 4.25. The van der Waals surface area contributed by atoms with Gasteiger partial charge in [-0.15, -0.1) is 0 Å². The van der Waals surface area contributed by atoms with Gasteiger partial charge in [0.05, 0.1) is 5.92 Å². The summed E-state index contributed by atoms with van der Waals surface area (Å²) in [6, 6.07) is 15.5. The molecule has 5 heteroatoms. The number of para-hydroxylation sites is 1. The molecule has 4 nitrogen and oxygen atoms in total. The molecule has 2 amide bonds. The molecule has 0 spiro atoms. The number of rotatable bonds is 6. The molecule has 1 saturated heterocycles. The van der Waals surface area contributed by atoms with Crippen LogP contribution in [-0.4, -0.2) is 24.9 Å². The van der Waals surface area contributed by atoms with Crippen molar-refractivity contribution in [2.45, 2.75) is 26.2 Å². The molecule has 2 aromatic rings. The molecular formula is C21H23ClN2O2. The molecule has 0 aromatic heterocycles. The average Bonchev–Trinajstić information content (AvgIpc) is 3.05. The minimum atomic E-state index is -0.294. The second-order valence-corrected chi connectivity index (χ2v) is 6.99. The Balaban J connectivity index is 1.56. The van der Waals surface area contributed by atoms with Crippen LogP contribution in [0.1, 0.15) is 24.5 Å². The van der Waals surface area contributed by atoms with E-state index in [4.69, 9.17) is 11.6 Å². The fourth-order valence-corrected chi connectivity index (χ4v) is 3.44. The highest BCUT2D eigenvalue weighted by molar-refractivity contribution is 6.30. The fraction of sp³-hybridized carbons (Fsp3) is 0.333. The van der Waals surface area contributed by atoms with E-state index in [9.17, 15) is 9.59 Å². The van der Waals surface area contributed by atoms with Crippen LogP contribution in [0.25, 0.3) is 0 Å². The predicted octanol–water partition coefficient (Wildman–Crippen LogP) is 3.61. The van der Waals surface area contributed by atoms with Gasteiger partial charge in [0, 0.05) is 30.2 Å². The Kier molecular flexibility index (Phi) is 5.94. The third-order valence-electron chi connectivity index (χ3n) is 4.79. The van der Waals surface area contributed by atoms with E-state index < -0.39 is 0 Å². The van der Waals surface area contributed by atoms with Gasteiger partial charge in [0.1, 0.15) is 0 Å². The van der Waals surface area contributed by atoms with Crippen molar-refractivity contribution in [1.29, 1.82) is 0 Å². The maximum absolute atomic E-state index is 12.5. The molecule has 1 aliphatic heterocycles. The Morgan fingerprint density at radius 3 is 2.65 bits per heavy atom. The van der Waals surface area contributed by atoms with Crippen LogP contribution in [0.4, 0.5) is 5.69 Å². The van der Waals surface area contributed by atoms with Crippen molar-refractivity contribution in [2.24, 2.45) is 5.92 Å². The van der Waals surface area contributed by atoms with Gasteiger partial charge in [-0.1, -0.05) is 48.9 Å². The van der Waals surface area contributed by atoms with Gasteiger partial charge in [0.25, 0.3) is 0 Å². The second-order valence-electron chi connectivity index (χ2n) is 6.56. The predicted molar refractivity (Wildman–Crippen MR) is 104 cm³/mol. The monoisotopic (exact) mass is 370 g/mol. The molecular weight excluding hydrogens is 348 g/mol. The number of halogens is 1. The summed E-state index contributed by atoms with van der Waals surface area (Å²) in [4.78, 5) is 26.6. The Hall–Kier alpha value is -2.33. The van der Waals surface area contributed by atoms with Crippen LogP contribution >= 0.6 is 11.6 Å². The summed E-state index contributed by atoms with van der Waals surface area (Å²) >= 11 is 5.88. The zero-order chi connectivity index (χ0) is 18.5. The summed E-state index contributed by atoms with van der Waals surface area (Å²) in [7, 11) is 0. The maximum atomic E-state index is 12.5. The molecule has 3 rings (SSSR count). The lowest BCUT2D eigenvalue weighted by Crippen LogP contribution is -2.34. The molecule has 0 radical (unpaired) electrons. The molecule has 0 bridgehead atoms. The number of aryl methyl sites for hydroxylation is 1. The molecule has 2 aromatic carbocycles. The normalized spacial score (nSPS) is 16.8. The Morgan fingerprint density at radius 2 is 1.92 bits per heavy atom. The van der Waals surface area contributed by atoms with E-state index in [1.165, 1.54) is 0 Å². The van der Waals surface area contributed by atoms with E-state index in [-0.39, 0.29) is 24.2 Å². The quantitative estimate of drug-likeness (QED) is 0.844. The van der Waals surface area contributed by atoms with Crippen LogP contribution in [0.15, 0.2) is 48.5 Å². The van der Waals surface area contributed by atoms with E-state index in [2.05, 4.69) is 12.2 Å². The van der Waals surface area contributed by atoms with Crippen LogP contribution in [0.2, 0.25) is 5.02 Å². The first-order valence-corrected chi connectivity index (χ1v) is 9.36. The summed E-state index contributed by atoms with van der Waals surface area (Å²) in [6.45, 7) is 3.07. The first kappa shape index (κ1) is 18.5. The van der Waals surface area contributed by atoms with Crippen molar-refractivity contribution in [1.82, 2.24) is 5.32 Å². The molecule has 136 valence electrons. The molecule has 1 aliphatic rings. The molecule has 26 heavy (non-hydrogen) atoms. The zero-order valence-electron chi connectivity index (χ0n) is 14.9. The first-order valence-electron chi connectivity index (χ1n) is 8.99. The smallest absolute Gasteiger partial charge is 0.227 e. The average molecular weight is 371 g/mol. The molecule has 0 aliphatic carbocycles. The van der Waals surface area contributed by atoms with Crippen molar-refractivity contribution in [3.8, 4) is 0 Å². The Morgan fingerprint density at radius 1 is 1.19 bits per heavy atom. The Bertz CT molecular complexity index is 789. The number of nitrogens with zero attached hydrogens (tertiary/aromatic N) is 1. The van der Waals surface area contributed by atoms with E-state index in [1.807, 2.05) is 48.5 Å². The van der Waals surface area contributed by atoms with Crippen LogP contribution in [0.5, 0.6) is 0 Å². The molecule has 1 N–H and O–H groups in total. The molecule has 1 fully saturated rings. The van der Waals surface area contributed by atoms with Crippen LogP contribution in [0.3, 0.4) is 0 Å². The third-order valence-corrected chi connectivity index (χ3v) is 5.04. The van der Waals surface area contributed by atoms with Crippen LogP contribution in [0, 0.1) is 5.92 Å². The maximum Gasteiger partial charge on any atom is 0.227 e. The largest absolute Gasteiger partial charge is 0.355 e. The number of hydrogen-bond acceptors (Lipinski definition) is 2. The summed E-state index contributed by atoms with van der Waals surface area (Å²) < 4.78 is 0. The van der Waals surface area contributed by atoms with Gasteiger partial charge >= 0.3 is 0 Å². The highest BCUT2D eigenvalue weighted by Gasteiger charge is 2.35. The number of anilines is 1. The van der Waals surface area contributed by atoms with Gasteiger partial charge in [-0.3, -0.25) is 9.59 Å². The van der Waals surface area contributed by atoms with Gasteiger partial charge < -0.3 is 10.2 Å². The zero-order valence-corrected chi connectivity index (χ0v) is 15.6. The van der Waals surface area contributed by atoms with Gasteiger partial charge in [-0.05, 0) is 42.2 Å². The van der Waals surface area contributed by atoms with Gasteiger partial charge in [-0.2, -0.15) is 0 Å². The summed E-state index contributed by atoms with van der Waals surface area (Å²) in [5.41, 5.74) is 3.18. The molecule has 1 atom stereocenters. The first-order chi connectivity index (χ1) is 12.6. The summed E-state index contributed by atoms with van der Waals surface area (Å²) in [6.07, 6.45) is 1.87. The topological polar surface area (TPSA) is 49.4 Å². The van der Waals surface area contributed by atoms with Gasteiger partial charge in [-0.25, -0.2) is 0 Å². The van der Waals surface area contributed by atoms with E-state index in [0.717, 1.165) is 29.7 Å². The number of amides is 2. The van der Waals surface area contributed by atoms with Crippen LogP contribution < -0.4 is 10.2 Å². The Labute approximate surface area is 159 Å². The minimum Gasteiger partial charge on any atom is -0.355 e. The fourth-order valence-electron chi connectivity index (χ4n) is 3.31. The SMILES string of the molecule is CCc1ccccc1N1CC(C(=O)NCCc2ccc(Cl)cc2)CC1=O. The summed E-state index contributed by atoms with van der Waals surface area (Å²) in [5.74, 6) is -0.329. The second kappa shape index (κ2) is 8.37. The molecule has 0 saturated carbocycles.